The fourth-order valence-corrected chi connectivity index (χ4v) is 0.950. The SMILES string of the molecule is [2H]C([2H])(C)c1ccc(Cl)c(Cl)c1. The Kier molecular flexibility index (Phi) is 1.78. The monoisotopic (exact) mass is 176 g/mol. The molecule has 0 unspecified atom stereocenters. The fraction of sp³-hybridized carbons (Fsp3) is 0.250. The molecule has 0 spiro atoms. The first-order chi connectivity index (χ1) is 5.41. The van der Waals surface area contributed by atoms with Crippen LogP contribution in [-0.2, 0) is 6.37 Å². The van der Waals surface area contributed by atoms with E-state index in [1.165, 1.54) is 6.92 Å². The van der Waals surface area contributed by atoms with Crippen molar-refractivity contribution in [1.82, 2.24) is 0 Å². The lowest BCUT2D eigenvalue weighted by Gasteiger charge is -1.97. The normalized spacial score (nSPS) is 14.3. The molecule has 0 aliphatic heterocycles. The van der Waals surface area contributed by atoms with Gasteiger partial charge in [0.1, 0.15) is 0 Å². The molecule has 0 heterocycles. The minimum absolute atomic E-state index is 0.389. The van der Waals surface area contributed by atoms with E-state index >= 15 is 0 Å². The van der Waals surface area contributed by atoms with Gasteiger partial charge in [-0.2, -0.15) is 0 Å². The van der Waals surface area contributed by atoms with Gasteiger partial charge in [0.2, 0.25) is 0 Å². The zero-order valence-corrected chi connectivity index (χ0v) is 7.00. The summed E-state index contributed by atoms with van der Waals surface area (Å²) < 4.78 is 14.8. The molecule has 0 saturated carbocycles. The van der Waals surface area contributed by atoms with Gasteiger partial charge in [-0.05, 0) is 24.1 Å². The van der Waals surface area contributed by atoms with E-state index in [0.29, 0.717) is 15.6 Å². The Morgan fingerprint density at radius 3 is 2.60 bits per heavy atom. The van der Waals surface area contributed by atoms with Crippen molar-refractivity contribution < 1.29 is 2.74 Å². The van der Waals surface area contributed by atoms with E-state index in [1.54, 1.807) is 18.2 Å². The number of halogens is 2. The summed E-state index contributed by atoms with van der Waals surface area (Å²) in [5.41, 5.74) is 0.539. The van der Waals surface area contributed by atoms with Crippen molar-refractivity contribution in [3.05, 3.63) is 33.8 Å². The van der Waals surface area contributed by atoms with E-state index in [0.717, 1.165) is 0 Å². The largest absolute Gasteiger partial charge is 0.0827 e. The maximum atomic E-state index is 7.40. The molecule has 0 N–H and O–H groups in total. The van der Waals surface area contributed by atoms with Gasteiger partial charge in [0.05, 0.1) is 10.0 Å². The third-order valence-corrected chi connectivity index (χ3v) is 1.95. The van der Waals surface area contributed by atoms with Crippen molar-refractivity contribution in [3.8, 4) is 0 Å². The van der Waals surface area contributed by atoms with Gasteiger partial charge in [0, 0.05) is 2.74 Å². The molecule has 0 aliphatic rings. The van der Waals surface area contributed by atoms with Crippen molar-refractivity contribution in [2.45, 2.75) is 13.3 Å². The van der Waals surface area contributed by atoms with E-state index in [-0.39, 0.29) is 0 Å². The Labute approximate surface area is 73.6 Å². The summed E-state index contributed by atoms with van der Waals surface area (Å²) in [6.07, 6.45) is -1.37. The molecule has 1 rings (SSSR count). The van der Waals surface area contributed by atoms with Crippen LogP contribution in [0.2, 0.25) is 10.0 Å². The highest BCUT2D eigenvalue weighted by molar-refractivity contribution is 6.41. The highest BCUT2D eigenvalue weighted by Crippen LogP contribution is 2.22. The van der Waals surface area contributed by atoms with Gasteiger partial charge in [-0.1, -0.05) is 36.2 Å². The molecule has 0 nitrogen and oxygen atoms in total. The van der Waals surface area contributed by atoms with Crippen LogP contribution in [0.15, 0.2) is 18.2 Å². The van der Waals surface area contributed by atoms with Crippen LogP contribution >= 0.6 is 23.2 Å². The second-order valence-electron chi connectivity index (χ2n) is 1.88. The van der Waals surface area contributed by atoms with Crippen LogP contribution in [0.5, 0.6) is 0 Å². The number of aryl methyl sites for hydroxylation is 1. The molecule has 0 saturated heterocycles. The average Bonchev–Trinajstić information content (AvgIpc) is 1.92. The van der Waals surface area contributed by atoms with Crippen LogP contribution < -0.4 is 0 Å². The second-order valence-corrected chi connectivity index (χ2v) is 2.69. The molecular formula is C8H8Cl2. The summed E-state index contributed by atoms with van der Waals surface area (Å²) in [4.78, 5) is 0. The lowest BCUT2D eigenvalue weighted by Crippen LogP contribution is -1.78. The van der Waals surface area contributed by atoms with E-state index in [2.05, 4.69) is 0 Å². The van der Waals surface area contributed by atoms with Crippen molar-refractivity contribution in [2.24, 2.45) is 0 Å². The van der Waals surface area contributed by atoms with Gasteiger partial charge in [-0.25, -0.2) is 0 Å². The maximum absolute atomic E-state index is 7.40. The van der Waals surface area contributed by atoms with Crippen molar-refractivity contribution in [3.63, 3.8) is 0 Å². The highest BCUT2D eigenvalue weighted by atomic mass is 35.5. The summed E-state index contributed by atoms with van der Waals surface area (Å²) in [7, 11) is 0. The van der Waals surface area contributed by atoms with Gasteiger partial charge in [-0.15, -0.1) is 0 Å². The summed E-state index contributed by atoms with van der Waals surface area (Å²) in [5.74, 6) is 0. The standard InChI is InChI=1S/C8H8Cl2/c1-2-6-3-4-7(9)8(10)5-6/h3-5H,2H2,1H3/i2D2. The Morgan fingerprint density at radius 1 is 1.40 bits per heavy atom. The molecule has 1 aromatic rings. The molecule has 1 aromatic carbocycles. The number of rotatable bonds is 1. The van der Waals surface area contributed by atoms with Gasteiger partial charge in [0.15, 0.2) is 0 Å². The molecule has 54 valence electrons. The van der Waals surface area contributed by atoms with E-state index in [9.17, 15) is 0 Å². The molecule has 10 heavy (non-hydrogen) atoms. The van der Waals surface area contributed by atoms with Crippen LogP contribution in [-0.4, -0.2) is 0 Å². The number of hydrogen-bond acceptors (Lipinski definition) is 0. The zero-order chi connectivity index (χ0) is 9.35. The minimum atomic E-state index is -1.37. The van der Waals surface area contributed by atoms with Gasteiger partial charge >= 0.3 is 0 Å². The Hall–Kier alpha value is -0.200. The number of hydrogen-bond donors (Lipinski definition) is 0. The van der Waals surface area contributed by atoms with Crippen molar-refractivity contribution >= 4 is 23.2 Å². The molecule has 0 aromatic heterocycles. The number of benzene rings is 1. The highest BCUT2D eigenvalue weighted by Gasteiger charge is 1.96. The van der Waals surface area contributed by atoms with Crippen LogP contribution in [0.3, 0.4) is 0 Å². The first kappa shape index (κ1) is 5.45. The van der Waals surface area contributed by atoms with Gasteiger partial charge in [0.25, 0.3) is 0 Å². The summed E-state index contributed by atoms with van der Waals surface area (Å²) >= 11 is 11.4. The van der Waals surface area contributed by atoms with E-state index in [1.807, 2.05) is 0 Å². The van der Waals surface area contributed by atoms with Crippen LogP contribution in [0.4, 0.5) is 0 Å². The Balaban J connectivity index is 3.14. The average molecular weight is 177 g/mol. The minimum Gasteiger partial charge on any atom is -0.0827 e. The molecule has 0 aliphatic carbocycles. The lowest BCUT2D eigenvalue weighted by atomic mass is 10.2. The van der Waals surface area contributed by atoms with Crippen LogP contribution in [0.25, 0.3) is 0 Å². The topological polar surface area (TPSA) is 0 Å². The van der Waals surface area contributed by atoms with Crippen LogP contribution in [0, 0.1) is 0 Å². The summed E-state index contributed by atoms with van der Waals surface area (Å²) in [6, 6.07) is 4.78. The Morgan fingerprint density at radius 2 is 2.10 bits per heavy atom. The zero-order valence-electron chi connectivity index (χ0n) is 7.49. The predicted octanol–water partition coefficient (Wildman–Crippen LogP) is 3.56. The molecular weight excluding hydrogens is 167 g/mol. The van der Waals surface area contributed by atoms with Crippen LogP contribution in [0.1, 0.15) is 15.2 Å². The predicted molar refractivity (Wildman–Crippen MR) is 45.8 cm³/mol. The summed E-state index contributed by atoms with van der Waals surface area (Å²) in [5, 5.41) is 0.838. The molecule has 0 radical (unpaired) electrons. The summed E-state index contributed by atoms with van der Waals surface area (Å²) in [6.45, 7) is 1.48. The third-order valence-electron chi connectivity index (χ3n) is 1.21. The van der Waals surface area contributed by atoms with Crippen molar-refractivity contribution in [1.29, 1.82) is 0 Å². The Bertz CT molecular complexity index is 292. The quantitative estimate of drug-likeness (QED) is 0.615. The first-order valence-corrected chi connectivity index (χ1v) is 3.62. The second kappa shape index (κ2) is 3.27. The molecule has 0 atom stereocenters. The first-order valence-electron chi connectivity index (χ1n) is 3.87. The van der Waals surface area contributed by atoms with Gasteiger partial charge < -0.3 is 0 Å². The lowest BCUT2D eigenvalue weighted by molar-refractivity contribution is 1.14. The smallest absolute Gasteiger partial charge is 0.0595 e. The third kappa shape index (κ3) is 1.65. The molecule has 0 amide bonds. The maximum Gasteiger partial charge on any atom is 0.0595 e. The molecule has 2 heteroatoms. The van der Waals surface area contributed by atoms with E-state index < -0.39 is 6.37 Å². The fourth-order valence-electron chi connectivity index (χ4n) is 0.652. The molecule has 0 fully saturated rings. The molecule has 0 bridgehead atoms. The van der Waals surface area contributed by atoms with E-state index in [4.69, 9.17) is 25.9 Å². The van der Waals surface area contributed by atoms with Crippen molar-refractivity contribution in [2.75, 3.05) is 0 Å². The van der Waals surface area contributed by atoms with Gasteiger partial charge in [-0.3, -0.25) is 0 Å².